The molecule has 0 aliphatic rings. The molecule has 0 aliphatic carbocycles. The van der Waals surface area contributed by atoms with Gasteiger partial charge in [0, 0.05) is 23.0 Å². The highest BCUT2D eigenvalue weighted by Gasteiger charge is 2.10. The average molecular weight is 333 g/mol. The summed E-state index contributed by atoms with van der Waals surface area (Å²) in [5.74, 6) is -0.224. The molecule has 25 heavy (non-hydrogen) atoms. The number of rotatable bonds is 3. The second-order valence-corrected chi connectivity index (χ2v) is 5.38. The number of hydrogen-bond donors (Lipinski definition) is 1. The number of carbonyl (C=O) groups excluding carboxylic acids is 1. The molecule has 0 aliphatic heterocycles. The van der Waals surface area contributed by atoms with Crippen LogP contribution in [0, 0.1) is 5.82 Å². The summed E-state index contributed by atoms with van der Waals surface area (Å²) in [5, 5.41) is 2.76. The van der Waals surface area contributed by atoms with Crippen LogP contribution in [0.4, 0.5) is 10.1 Å². The molecule has 2 heterocycles. The van der Waals surface area contributed by atoms with Crippen molar-refractivity contribution in [2.45, 2.75) is 0 Å². The Morgan fingerprint density at radius 3 is 2.48 bits per heavy atom. The van der Waals surface area contributed by atoms with Gasteiger partial charge in [-0.3, -0.25) is 4.79 Å². The maximum atomic E-state index is 12.9. The third-order valence-electron chi connectivity index (χ3n) is 3.66. The van der Waals surface area contributed by atoms with Gasteiger partial charge in [-0.1, -0.05) is 0 Å². The molecular formula is C19H12FN3O2. The Morgan fingerprint density at radius 2 is 1.76 bits per heavy atom. The van der Waals surface area contributed by atoms with Gasteiger partial charge in [0.05, 0.1) is 0 Å². The molecule has 1 amide bonds. The number of anilines is 1. The molecule has 0 atom stereocenters. The Bertz CT molecular complexity index is 1010. The third kappa shape index (κ3) is 3.10. The van der Waals surface area contributed by atoms with Crippen LogP contribution in [-0.2, 0) is 0 Å². The normalized spacial score (nSPS) is 10.8. The molecule has 0 spiro atoms. The van der Waals surface area contributed by atoms with Crippen LogP contribution < -0.4 is 5.32 Å². The quantitative estimate of drug-likeness (QED) is 0.607. The number of halogens is 1. The monoisotopic (exact) mass is 333 g/mol. The molecule has 122 valence electrons. The predicted octanol–water partition coefficient (Wildman–Crippen LogP) is 4.28. The zero-order valence-corrected chi connectivity index (χ0v) is 12.9. The van der Waals surface area contributed by atoms with Gasteiger partial charge < -0.3 is 9.73 Å². The molecule has 0 saturated carbocycles. The lowest BCUT2D eigenvalue weighted by Gasteiger charge is -2.05. The van der Waals surface area contributed by atoms with Crippen molar-refractivity contribution >= 4 is 22.8 Å². The molecule has 5 nitrogen and oxygen atoms in total. The largest absolute Gasteiger partial charge is 0.434 e. The standard InChI is InChI=1S/C19H12FN3O2/c20-14-7-3-12(4-8-14)18(24)22-15-9-5-13(6-10-15)19-23-17-16(25-19)2-1-11-21-17/h1-11H,(H,22,24). The number of oxazole rings is 1. The highest BCUT2D eigenvalue weighted by molar-refractivity contribution is 6.04. The summed E-state index contributed by atoms with van der Waals surface area (Å²) in [5.41, 5.74) is 2.94. The van der Waals surface area contributed by atoms with Crippen molar-refractivity contribution in [1.29, 1.82) is 0 Å². The number of hydrogen-bond acceptors (Lipinski definition) is 4. The number of carbonyl (C=O) groups is 1. The number of fused-ring (bicyclic) bond motifs is 1. The molecule has 2 aromatic heterocycles. The van der Waals surface area contributed by atoms with Gasteiger partial charge in [-0.2, -0.15) is 4.98 Å². The van der Waals surface area contributed by atoms with Crippen LogP contribution in [0.5, 0.6) is 0 Å². The lowest BCUT2D eigenvalue weighted by Crippen LogP contribution is -2.11. The molecule has 4 rings (SSSR count). The first-order valence-electron chi connectivity index (χ1n) is 7.58. The van der Waals surface area contributed by atoms with Crippen molar-refractivity contribution in [3.05, 3.63) is 78.2 Å². The van der Waals surface area contributed by atoms with Gasteiger partial charge in [0.15, 0.2) is 11.2 Å². The number of pyridine rings is 1. The number of nitrogens with one attached hydrogen (secondary N) is 1. The SMILES string of the molecule is O=C(Nc1ccc(-c2nc3ncccc3o2)cc1)c1ccc(F)cc1. The molecule has 2 aromatic carbocycles. The van der Waals surface area contributed by atoms with Crippen molar-refractivity contribution in [1.82, 2.24) is 9.97 Å². The number of amides is 1. The summed E-state index contributed by atoms with van der Waals surface area (Å²) < 4.78 is 18.6. The highest BCUT2D eigenvalue weighted by atomic mass is 19.1. The molecule has 6 heteroatoms. The van der Waals surface area contributed by atoms with Gasteiger partial charge in [-0.15, -0.1) is 0 Å². The second kappa shape index (κ2) is 6.16. The van der Waals surface area contributed by atoms with Gasteiger partial charge in [-0.25, -0.2) is 9.37 Å². The van der Waals surface area contributed by atoms with E-state index in [2.05, 4.69) is 15.3 Å². The smallest absolute Gasteiger partial charge is 0.255 e. The first-order chi connectivity index (χ1) is 12.2. The molecule has 0 bridgehead atoms. The second-order valence-electron chi connectivity index (χ2n) is 5.38. The molecule has 0 fully saturated rings. The van der Waals surface area contributed by atoms with Crippen LogP contribution in [0.15, 0.2) is 71.3 Å². The summed E-state index contributed by atoms with van der Waals surface area (Å²) in [6, 6.07) is 16.0. The van der Waals surface area contributed by atoms with Crippen molar-refractivity contribution < 1.29 is 13.6 Å². The van der Waals surface area contributed by atoms with Crippen LogP contribution in [0.3, 0.4) is 0 Å². The summed E-state index contributed by atoms with van der Waals surface area (Å²) in [6.45, 7) is 0. The Hall–Kier alpha value is -3.54. The summed E-state index contributed by atoms with van der Waals surface area (Å²) in [6.07, 6.45) is 1.66. The number of nitrogens with zero attached hydrogens (tertiary/aromatic N) is 2. The van der Waals surface area contributed by atoms with E-state index in [9.17, 15) is 9.18 Å². The van der Waals surface area contributed by atoms with Crippen molar-refractivity contribution in [3.8, 4) is 11.5 Å². The topological polar surface area (TPSA) is 68.0 Å². The van der Waals surface area contributed by atoms with E-state index in [1.165, 1.54) is 24.3 Å². The Labute approximate surface area is 142 Å². The van der Waals surface area contributed by atoms with Gasteiger partial charge in [0.25, 0.3) is 5.91 Å². The van der Waals surface area contributed by atoms with Gasteiger partial charge in [-0.05, 0) is 60.7 Å². The van der Waals surface area contributed by atoms with E-state index < -0.39 is 0 Å². The van der Waals surface area contributed by atoms with Gasteiger partial charge in [0.1, 0.15) is 5.82 Å². The van der Waals surface area contributed by atoms with Gasteiger partial charge in [0.2, 0.25) is 5.89 Å². The van der Waals surface area contributed by atoms with Crippen LogP contribution in [0.1, 0.15) is 10.4 Å². The number of aromatic nitrogens is 2. The molecular weight excluding hydrogens is 321 g/mol. The summed E-state index contributed by atoms with van der Waals surface area (Å²) in [7, 11) is 0. The average Bonchev–Trinajstić information content (AvgIpc) is 3.07. The lowest BCUT2D eigenvalue weighted by atomic mass is 10.2. The molecule has 0 unspecified atom stereocenters. The first kappa shape index (κ1) is 15.0. The zero-order valence-electron chi connectivity index (χ0n) is 12.9. The fourth-order valence-corrected chi connectivity index (χ4v) is 2.39. The molecule has 0 radical (unpaired) electrons. The minimum absolute atomic E-state index is 0.307. The van der Waals surface area contributed by atoms with Gasteiger partial charge >= 0.3 is 0 Å². The molecule has 0 saturated heterocycles. The zero-order chi connectivity index (χ0) is 17.2. The summed E-state index contributed by atoms with van der Waals surface area (Å²) >= 11 is 0. The van der Waals surface area contributed by atoms with E-state index in [-0.39, 0.29) is 11.7 Å². The van der Waals surface area contributed by atoms with Crippen LogP contribution >= 0.6 is 0 Å². The van der Waals surface area contributed by atoms with Crippen LogP contribution in [0.25, 0.3) is 22.7 Å². The third-order valence-corrected chi connectivity index (χ3v) is 3.66. The van der Waals surface area contributed by atoms with E-state index >= 15 is 0 Å². The van der Waals surface area contributed by atoms with Crippen molar-refractivity contribution in [2.75, 3.05) is 5.32 Å². The van der Waals surface area contributed by atoms with Crippen molar-refractivity contribution in [2.24, 2.45) is 0 Å². The van der Waals surface area contributed by atoms with Crippen LogP contribution in [0.2, 0.25) is 0 Å². The van der Waals surface area contributed by atoms with Crippen molar-refractivity contribution in [3.63, 3.8) is 0 Å². The fraction of sp³-hybridized carbons (Fsp3) is 0. The Morgan fingerprint density at radius 1 is 1.00 bits per heavy atom. The maximum absolute atomic E-state index is 12.9. The van der Waals surface area contributed by atoms with E-state index in [1.54, 1.807) is 42.6 Å². The van der Waals surface area contributed by atoms with E-state index in [1.807, 2.05) is 0 Å². The first-order valence-corrected chi connectivity index (χ1v) is 7.58. The van der Waals surface area contributed by atoms with E-state index in [0.717, 1.165) is 5.56 Å². The highest BCUT2D eigenvalue weighted by Crippen LogP contribution is 2.24. The summed E-state index contributed by atoms with van der Waals surface area (Å²) in [4.78, 5) is 20.6. The minimum atomic E-state index is -0.381. The Kier molecular flexibility index (Phi) is 3.70. The lowest BCUT2D eigenvalue weighted by molar-refractivity contribution is 0.102. The minimum Gasteiger partial charge on any atom is -0.434 e. The predicted molar refractivity (Wildman–Crippen MR) is 91.6 cm³/mol. The maximum Gasteiger partial charge on any atom is 0.255 e. The van der Waals surface area contributed by atoms with E-state index in [0.29, 0.717) is 28.4 Å². The fourth-order valence-electron chi connectivity index (χ4n) is 2.39. The molecule has 1 N–H and O–H groups in total. The molecule has 4 aromatic rings. The number of benzene rings is 2. The van der Waals surface area contributed by atoms with E-state index in [4.69, 9.17) is 4.42 Å². The van der Waals surface area contributed by atoms with Crippen LogP contribution in [-0.4, -0.2) is 15.9 Å². The Balaban J connectivity index is 1.53.